The predicted molar refractivity (Wildman–Crippen MR) is 60.3 cm³/mol. The van der Waals surface area contributed by atoms with Crippen molar-refractivity contribution in [3.05, 3.63) is 29.3 Å². The molecule has 0 saturated carbocycles. The zero-order chi connectivity index (χ0) is 12.5. The quantitative estimate of drug-likeness (QED) is 0.669. The molecule has 16 heavy (non-hydrogen) atoms. The van der Waals surface area contributed by atoms with Crippen LogP contribution in [0.1, 0.15) is 24.0 Å². The minimum Gasteiger partial charge on any atom is -0.282 e. The SMILES string of the molecule is Cc1ccc(S(=O)(=O)O)c(C(C)C(=O)Cl)c1. The molecule has 0 amide bonds. The summed E-state index contributed by atoms with van der Waals surface area (Å²) in [6, 6.07) is 4.32. The third kappa shape index (κ3) is 2.81. The Balaban J connectivity index is 3.47. The maximum atomic E-state index is 11.1. The monoisotopic (exact) mass is 262 g/mol. The van der Waals surface area contributed by atoms with Crippen molar-refractivity contribution < 1.29 is 17.8 Å². The standard InChI is InChI=1S/C10H11ClO4S/c1-6-3-4-9(16(13,14)15)8(5-6)7(2)10(11)12/h3-5,7H,1-2H3,(H,13,14,15). The zero-order valence-electron chi connectivity index (χ0n) is 8.77. The summed E-state index contributed by atoms with van der Waals surface area (Å²) in [4.78, 5) is 10.7. The van der Waals surface area contributed by atoms with E-state index in [0.29, 0.717) is 0 Å². The van der Waals surface area contributed by atoms with Crippen molar-refractivity contribution in [3.63, 3.8) is 0 Å². The van der Waals surface area contributed by atoms with Crippen LogP contribution in [0.4, 0.5) is 0 Å². The molecule has 1 aromatic rings. The molecule has 1 aromatic carbocycles. The second kappa shape index (κ2) is 4.53. The molecule has 0 bridgehead atoms. The molecular formula is C10H11ClO4S. The van der Waals surface area contributed by atoms with E-state index < -0.39 is 21.3 Å². The second-order valence-electron chi connectivity index (χ2n) is 3.54. The van der Waals surface area contributed by atoms with E-state index >= 15 is 0 Å². The average molecular weight is 263 g/mol. The van der Waals surface area contributed by atoms with Crippen molar-refractivity contribution in [3.8, 4) is 0 Å². The van der Waals surface area contributed by atoms with Crippen LogP contribution in [0.5, 0.6) is 0 Å². The van der Waals surface area contributed by atoms with Gasteiger partial charge in [0.05, 0.1) is 10.8 Å². The Bertz CT molecular complexity index is 522. The van der Waals surface area contributed by atoms with Gasteiger partial charge in [-0.1, -0.05) is 24.6 Å². The summed E-state index contributed by atoms with van der Waals surface area (Å²) in [5.74, 6) is -0.779. The normalized spacial score (nSPS) is 13.5. The Labute approximate surface area is 99.0 Å². The molecule has 0 aromatic heterocycles. The number of hydrogen-bond acceptors (Lipinski definition) is 3. The minimum atomic E-state index is -4.34. The van der Waals surface area contributed by atoms with Crippen molar-refractivity contribution >= 4 is 27.0 Å². The highest BCUT2D eigenvalue weighted by Crippen LogP contribution is 2.26. The van der Waals surface area contributed by atoms with Crippen molar-refractivity contribution in [1.82, 2.24) is 0 Å². The molecule has 0 aliphatic heterocycles. The van der Waals surface area contributed by atoms with Crippen LogP contribution < -0.4 is 0 Å². The highest BCUT2D eigenvalue weighted by molar-refractivity contribution is 7.85. The molecule has 0 radical (unpaired) electrons. The van der Waals surface area contributed by atoms with Crippen molar-refractivity contribution in [2.75, 3.05) is 0 Å². The smallest absolute Gasteiger partial charge is 0.282 e. The molecule has 1 N–H and O–H groups in total. The number of carbonyl (C=O) groups excluding carboxylic acids is 1. The van der Waals surface area contributed by atoms with Gasteiger partial charge < -0.3 is 0 Å². The van der Waals surface area contributed by atoms with E-state index in [2.05, 4.69) is 0 Å². The molecule has 0 saturated heterocycles. The first-order chi connectivity index (χ1) is 7.23. The molecule has 4 nitrogen and oxygen atoms in total. The number of hydrogen-bond donors (Lipinski definition) is 1. The van der Waals surface area contributed by atoms with Crippen LogP contribution in [0.15, 0.2) is 23.1 Å². The third-order valence-corrected chi connectivity index (χ3v) is 3.51. The number of rotatable bonds is 3. The summed E-state index contributed by atoms with van der Waals surface area (Å²) < 4.78 is 31.2. The van der Waals surface area contributed by atoms with Gasteiger partial charge in [0.1, 0.15) is 0 Å². The third-order valence-electron chi connectivity index (χ3n) is 2.25. The van der Waals surface area contributed by atoms with E-state index in [4.69, 9.17) is 16.2 Å². The Morgan fingerprint density at radius 2 is 2.00 bits per heavy atom. The van der Waals surface area contributed by atoms with E-state index in [0.717, 1.165) is 5.56 Å². The van der Waals surface area contributed by atoms with Crippen LogP contribution in [-0.2, 0) is 14.9 Å². The van der Waals surface area contributed by atoms with Crippen molar-refractivity contribution in [2.45, 2.75) is 24.7 Å². The summed E-state index contributed by atoms with van der Waals surface area (Å²) in [5.41, 5.74) is 0.995. The summed E-state index contributed by atoms with van der Waals surface area (Å²) in [5, 5.41) is -0.671. The molecular weight excluding hydrogens is 252 g/mol. The fourth-order valence-electron chi connectivity index (χ4n) is 1.36. The maximum absolute atomic E-state index is 11.1. The van der Waals surface area contributed by atoms with Crippen LogP contribution in [0, 0.1) is 6.92 Å². The summed E-state index contributed by atoms with van der Waals surface area (Å²) >= 11 is 5.32. The molecule has 0 aliphatic rings. The maximum Gasteiger partial charge on any atom is 0.294 e. The van der Waals surface area contributed by atoms with Gasteiger partial charge in [-0.25, -0.2) is 0 Å². The average Bonchev–Trinajstić information content (AvgIpc) is 2.14. The van der Waals surface area contributed by atoms with Crippen molar-refractivity contribution in [2.24, 2.45) is 0 Å². The fraction of sp³-hybridized carbons (Fsp3) is 0.300. The van der Waals surface area contributed by atoms with Gasteiger partial charge in [0, 0.05) is 0 Å². The minimum absolute atomic E-state index is 0.211. The van der Waals surface area contributed by atoms with Crippen LogP contribution in [0.2, 0.25) is 0 Å². The molecule has 6 heteroatoms. The summed E-state index contributed by atoms with van der Waals surface area (Å²) in [6.07, 6.45) is 0. The van der Waals surface area contributed by atoms with Crippen molar-refractivity contribution in [1.29, 1.82) is 0 Å². The topological polar surface area (TPSA) is 71.4 Å². The van der Waals surface area contributed by atoms with Gasteiger partial charge in [-0.15, -0.1) is 0 Å². The lowest BCUT2D eigenvalue weighted by Crippen LogP contribution is -2.10. The van der Waals surface area contributed by atoms with Crippen LogP contribution >= 0.6 is 11.6 Å². The largest absolute Gasteiger partial charge is 0.294 e. The Morgan fingerprint density at radius 3 is 2.44 bits per heavy atom. The number of aryl methyl sites for hydroxylation is 1. The molecule has 1 unspecified atom stereocenters. The van der Waals surface area contributed by atoms with Gasteiger partial charge in [-0.05, 0) is 30.2 Å². The highest BCUT2D eigenvalue weighted by Gasteiger charge is 2.22. The first-order valence-corrected chi connectivity index (χ1v) is 6.32. The first kappa shape index (κ1) is 13.2. The van der Waals surface area contributed by atoms with Gasteiger partial charge in [-0.2, -0.15) is 8.42 Å². The first-order valence-electron chi connectivity index (χ1n) is 4.51. The number of benzene rings is 1. The van der Waals surface area contributed by atoms with Gasteiger partial charge in [-0.3, -0.25) is 9.35 Å². The molecule has 0 fully saturated rings. The Kier molecular flexibility index (Phi) is 3.72. The molecule has 0 heterocycles. The van der Waals surface area contributed by atoms with Crippen LogP contribution in [-0.4, -0.2) is 18.2 Å². The lowest BCUT2D eigenvalue weighted by molar-refractivity contribution is -0.112. The van der Waals surface area contributed by atoms with E-state index in [-0.39, 0.29) is 10.5 Å². The molecule has 0 spiro atoms. The fourth-order valence-corrected chi connectivity index (χ4v) is 2.25. The predicted octanol–water partition coefficient (Wildman–Crippen LogP) is 2.11. The number of carbonyl (C=O) groups is 1. The van der Waals surface area contributed by atoms with Gasteiger partial charge in [0.25, 0.3) is 10.1 Å². The number of halogens is 1. The van der Waals surface area contributed by atoms with Gasteiger partial charge in [0.15, 0.2) is 0 Å². The van der Waals surface area contributed by atoms with E-state index in [1.807, 2.05) is 0 Å². The zero-order valence-corrected chi connectivity index (χ0v) is 10.3. The molecule has 1 rings (SSSR count). The molecule has 88 valence electrons. The highest BCUT2D eigenvalue weighted by atomic mass is 35.5. The van der Waals surface area contributed by atoms with Gasteiger partial charge >= 0.3 is 0 Å². The van der Waals surface area contributed by atoms with E-state index in [1.54, 1.807) is 6.92 Å². The van der Waals surface area contributed by atoms with E-state index in [1.165, 1.54) is 25.1 Å². The Morgan fingerprint density at radius 1 is 1.44 bits per heavy atom. The summed E-state index contributed by atoms with van der Waals surface area (Å²) in [7, 11) is -4.34. The van der Waals surface area contributed by atoms with Gasteiger partial charge in [0.2, 0.25) is 5.24 Å². The lowest BCUT2D eigenvalue weighted by Gasteiger charge is -2.11. The van der Waals surface area contributed by atoms with E-state index in [9.17, 15) is 13.2 Å². The molecule has 1 atom stereocenters. The van der Waals surface area contributed by atoms with Crippen LogP contribution in [0.25, 0.3) is 0 Å². The molecule has 0 aliphatic carbocycles. The Hall–Kier alpha value is -0.910. The second-order valence-corrected chi connectivity index (χ2v) is 5.30. The van der Waals surface area contributed by atoms with Crippen LogP contribution in [0.3, 0.4) is 0 Å². The summed E-state index contributed by atoms with van der Waals surface area (Å²) in [6.45, 7) is 3.24. The lowest BCUT2D eigenvalue weighted by atomic mass is 10.0.